The van der Waals surface area contributed by atoms with E-state index in [2.05, 4.69) is 44.0 Å². The number of halogens is 2. The Kier molecular flexibility index (Phi) is 3.49. The van der Waals surface area contributed by atoms with Gasteiger partial charge in [0.15, 0.2) is 0 Å². The molecule has 1 aromatic rings. The standard InChI is InChI=1S/C14H16Br2O/c15-12-7-10-4-5-17-14(10)11(8-12)6-9-2-1-3-13(9)16/h7-9,13H,1-6H2. The molecular weight excluding hydrogens is 344 g/mol. The number of benzene rings is 1. The zero-order chi connectivity index (χ0) is 11.8. The molecule has 1 aromatic carbocycles. The molecule has 0 spiro atoms. The first-order valence-electron chi connectivity index (χ1n) is 6.32. The quantitative estimate of drug-likeness (QED) is 0.707. The molecule has 1 nitrogen and oxygen atoms in total. The Morgan fingerprint density at radius 2 is 2.18 bits per heavy atom. The average molecular weight is 360 g/mol. The summed E-state index contributed by atoms with van der Waals surface area (Å²) in [6.07, 6.45) is 6.23. The van der Waals surface area contributed by atoms with E-state index in [1.807, 2.05) is 0 Å². The highest BCUT2D eigenvalue weighted by Gasteiger charge is 2.27. The maximum absolute atomic E-state index is 5.79. The van der Waals surface area contributed by atoms with Crippen molar-refractivity contribution in [1.82, 2.24) is 0 Å². The zero-order valence-electron chi connectivity index (χ0n) is 9.72. The summed E-state index contributed by atoms with van der Waals surface area (Å²) in [5.41, 5.74) is 2.77. The van der Waals surface area contributed by atoms with E-state index in [0.29, 0.717) is 4.83 Å². The molecule has 0 amide bonds. The fraction of sp³-hybridized carbons (Fsp3) is 0.571. The summed E-state index contributed by atoms with van der Waals surface area (Å²) >= 11 is 7.42. The Hall–Kier alpha value is -0.0200. The van der Waals surface area contributed by atoms with Gasteiger partial charge in [0.1, 0.15) is 5.75 Å². The topological polar surface area (TPSA) is 9.23 Å². The minimum absolute atomic E-state index is 0.693. The van der Waals surface area contributed by atoms with Crippen LogP contribution in [0.3, 0.4) is 0 Å². The Morgan fingerprint density at radius 1 is 1.29 bits per heavy atom. The molecule has 17 heavy (non-hydrogen) atoms. The highest BCUT2D eigenvalue weighted by atomic mass is 79.9. The third-order valence-electron chi connectivity index (χ3n) is 3.87. The second kappa shape index (κ2) is 4.93. The van der Waals surface area contributed by atoms with Crippen molar-refractivity contribution in [3.05, 3.63) is 27.7 Å². The largest absolute Gasteiger partial charge is 0.493 e. The van der Waals surface area contributed by atoms with Crippen LogP contribution >= 0.6 is 31.9 Å². The van der Waals surface area contributed by atoms with Gasteiger partial charge in [0.2, 0.25) is 0 Å². The molecule has 2 unspecified atom stereocenters. The highest BCUT2D eigenvalue weighted by Crippen LogP contribution is 2.39. The van der Waals surface area contributed by atoms with Crippen molar-refractivity contribution in [2.75, 3.05) is 6.61 Å². The fourth-order valence-corrected chi connectivity index (χ4v) is 4.33. The van der Waals surface area contributed by atoms with Crippen molar-refractivity contribution in [3.63, 3.8) is 0 Å². The van der Waals surface area contributed by atoms with Gasteiger partial charge in [-0.05, 0) is 48.4 Å². The summed E-state index contributed by atoms with van der Waals surface area (Å²) in [7, 11) is 0. The lowest BCUT2D eigenvalue weighted by Crippen LogP contribution is -2.10. The SMILES string of the molecule is Brc1cc2c(c(CC3CCCC3Br)c1)OCC2. The smallest absolute Gasteiger partial charge is 0.125 e. The highest BCUT2D eigenvalue weighted by molar-refractivity contribution is 9.10. The van der Waals surface area contributed by atoms with E-state index in [9.17, 15) is 0 Å². The molecule has 0 aromatic heterocycles. The van der Waals surface area contributed by atoms with Crippen LogP contribution in [0.4, 0.5) is 0 Å². The van der Waals surface area contributed by atoms with E-state index in [0.717, 1.165) is 25.4 Å². The number of rotatable bonds is 2. The van der Waals surface area contributed by atoms with Crippen molar-refractivity contribution >= 4 is 31.9 Å². The van der Waals surface area contributed by atoms with Crippen LogP contribution in [0, 0.1) is 5.92 Å². The molecule has 1 fully saturated rings. The van der Waals surface area contributed by atoms with Crippen molar-refractivity contribution in [2.24, 2.45) is 5.92 Å². The molecule has 1 aliphatic heterocycles. The summed E-state index contributed by atoms with van der Waals surface area (Å²) < 4.78 is 6.99. The lowest BCUT2D eigenvalue weighted by atomic mass is 9.96. The van der Waals surface area contributed by atoms with Crippen LogP contribution in [0.15, 0.2) is 16.6 Å². The van der Waals surface area contributed by atoms with Crippen LogP contribution in [0.1, 0.15) is 30.4 Å². The predicted molar refractivity (Wildman–Crippen MR) is 77.1 cm³/mol. The second-order valence-electron chi connectivity index (χ2n) is 5.06. The van der Waals surface area contributed by atoms with Crippen LogP contribution in [-0.4, -0.2) is 11.4 Å². The normalized spacial score (nSPS) is 26.9. The van der Waals surface area contributed by atoms with E-state index in [4.69, 9.17) is 4.74 Å². The van der Waals surface area contributed by atoms with E-state index >= 15 is 0 Å². The van der Waals surface area contributed by atoms with Crippen molar-refractivity contribution < 1.29 is 4.74 Å². The maximum Gasteiger partial charge on any atom is 0.125 e. The Labute approximate surface area is 119 Å². The lowest BCUT2D eigenvalue weighted by Gasteiger charge is -2.16. The van der Waals surface area contributed by atoms with Gasteiger partial charge in [0.05, 0.1) is 6.61 Å². The average Bonchev–Trinajstić information content (AvgIpc) is 2.88. The van der Waals surface area contributed by atoms with Gasteiger partial charge in [0.25, 0.3) is 0 Å². The molecule has 2 aliphatic rings. The summed E-state index contributed by atoms with van der Waals surface area (Å²) in [6.45, 7) is 0.848. The molecule has 92 valence electrons. The number of ether oxygens (including phenoxy) is 1. The van der Waals surface area contributed by atoms with E-state index in [1.54, 1.807) is 0 Å². The van der Waals surface area contributed by atoms with Gasteiger partial charge < -0.3 is 4.74 Å². The van der Waals surface area contributed by atoms with Gasteiger partial charge in [-0.25, -0.2) is 0 Å². The van der Waals surface area contributed by atoms with E-state index < -0.39 is 0 Å². The van der Waals surface area contributed by atoms with Gasteiger partial charge in [0, 0.05) is 15.7 Å². The first kappa shape index (κ1) is 12.0. The number of hydrogen-bond acceptors (Lipinski definition) is 1. The van der Waals surface area contributed by atoms with Crippen LogP contribution in [0.2, 0.25) is 0 Å². The van der Waals surface area contributed by atoms with Crippen LogP contribution in [0.5, 0.6) is 5.75 Å². The number of fused-ring (bicyclic) bond motifs is 1. The second-order valence-corrected chi connectivity index (χ2v) is 7.15. The number of alkyl halides is 1. The molecule has 0 N–H and O–H groups in total. The first-order chi connectivity index (χ1) is 8.24. The molecule has 1 saturated carbocycles. The van der Waals surface area contributed by atoms with Gasteiger partial charge in [-0.15, -0.1) is 0 Å². The van der Waals surface area contributed by atoms with Crippen LogP contribution < -0.4 is 4.74 Å². The minimum Gasteiger partial charge on any atom is -0.493 e. The Balaban J connectivity index is 1.87. The lowest BCUT2D eigenvalue weighted by molar-refractivity contribution is 0.351. The Morgan fingerprint density at radius 3 is 2.94 bits per heavy atom. The molecular formula is C14H16Br2O. The summed E-state index contributed by atoms with van der Waals surface area (Å²) in [4.78, 5) is 0.693. The molecule has 3 heteroatoms. The molecule has 0 saturated heterocycles. The van der Waals surface area contributed by atoms with E-state index in [1.165, 1.54) is 40.6 Å². The number of hydrogen-bond donors (Lipinski definition) is 0. The zero-order valence-corrected chi connectivity index (χ0v) is 12.9. The molecule has 1 aliphatic carbocycles. The first-order valence-corrected chi connectivity index (χ1v) is 8.03. The summed E-state index contributed by atoms with van der Waals surface area (Å²) in [5, 5.41) is 0. The van der Waals surface area contributed by atoms with Crippen molar-refractivity contribution in [2.45, 2.75) is 36.9 Å². The van der Waals surface area contributed by atoms with Crippen LogP contribution in [-0.2, 0) is 12.8 Å². The molecule has 2 atom stereocenters. The van der Waals surface area contributed by atoms with Crippen molar-refractivity contribution in [3.8, 4) is 5.75 Å². The fourth-order valence-electron chi connectivity index (χ4n) is 3.00. The molecule has 3 rings (SSSR count). The van der Waals surface area contributed by atoms with Gasteiger partial charge in [-0.1, -0.05) is 38.3 Å². The monoisotopic (exact) mass is 358 g/mol. The van der Waals surface area contributed by atoms with Gasteiger partial charge in [-0.2, -0.15) is 0 Å². The van der Waals surface area contributed by atoms with Crippen LogP contribution in [0.25, 0.3) is 0 Å². The van der Waals surface area contributed by atoms with Crippen molar-refractivity contribution in [1.29, 1.82) is 0 Å². The molecule has 1 heterocycles. The third-order valence-corrected chi connectivity index (χ3v) is 5.54. The third kappa shape index (κ3) is 2.41. The molecule has 0 bridgehead atoms. The Bertz CT molecular complexity index is 430. The van der Waals surface area contributed by atoms with Gasteiger partial charge >= 0.3 is 0 Å². The molecule has 0 radical (unpaired) electrons. The summed E-state index contributed by atoms with van der Waals surface area (Å²) in [6, 6.07) is 4.44. The predicted octanol–water partition coefficient (Wildman–Crippen LogP) is 4.49. The van der Waals surface area contributed by atoms with E-state index in [-0.39, 0.29) is 0 Å². The maximum atomic E-state index is 5.79. The summed E-state index contributed by atoms with van der Waals surface area (Å²) in [5.74, 6) is 1.94. The minimum atomic E-state index is 0.693. The van der Waals surface area contributed by atoms with Gasteiger partial charge in [-0.3, -0.25) is 0 Å².